The molecule has 1 rings (SSSR count). The summed E-state index contributed by atoms with van der Waals surface area (Å²) < 4.78 is 14.5. The Balaban J connectivity index is 3.27. The van der Waals surface area contributed by atoms with Gasteiger partial charge in [0.2, 0.25) is 0 Å². The molecule has 126 valence electrons. The molecule has 0 aliphatic carbocycles. The minimum absolute atomic E-state index is 0.0322. The van der Waals surface area contributed by atoms with Crippen molar-refractivity contribution in [3.05, 3.63) is 23.9 Å². The van der Waals surface area contributed by atoms with Crippen LogP contribution in [0.1, 0.15) is 31.1 Å². The topological polar surface area (TPSA) is 95.0 Å². The highest BCUT2D eigenvalue weighted by atomic mass is 16.6. The van der Waals surface area contributed by atoms with Crippen molar-refractivity contribution in [2.75, 3.05) is 25.7 Å². The van der Waals surface area contributed by atoms with Crippen LogP contribution in [0.2, 0.25) is 0 Å². The van der Waals surface area contributed by atoms with E-state index < -0.39 is 30.2 Å². The number of rotatable bonds is 4. The van der Waals surface area contributed by atoms with Crippen LogP contribution >= 0.6 is 0 Å². The Bertz CT molecular complexity index is 594. The summed E-state index contributed by atoms with van der Waals surface area (Å²) in [4.78, 5) is 40.8. The fourth-order valence-corrected chi connectivity index (χ4v) is 1.62. The molecule has 0 fully saturated rings. The normalized spacial score (nSPS) is 10.7. The largest absolute Gasteiger partial charge is 0.468 e. The zero-order chi connectivity index (χ0) is 17.6. The van der Waals surface area contributed by atoms with Crippen molar-refractivity contribution in [2.24, 2.45) is 0 Å². The highest BCUT2D eigenvalue weighted by Gasteiger charge is 2.29. The first-order chi connectivity index (χ1) is 10.7. The molecular formula is C15H20N2O6. The number of aromatic nitrogens is 1. The first-order valence-corrected chi connectivity index (χ1v) is 6.80. The summed E-state index contributed by atoms with van der Waals surface area (Å²) in [6.45, 7) is 4.59. The average Bonchev–Trinajstić information content (AvgIpc) is 2.49. The molecular weight excluding hydrogens is 304 g/mol. The Hall–Kier alpha value is -2.64. The van der Waals surface area contributed by atoms with E-state index >= 15 is 0 Å². The fraction of sp³-hybridized carbons (Fsp3) is 0.467. The lowest BCUT2D eigenvalue weighted by Gasteiger charge is -2.26. The second-order valence-corrected chi connectivity index (χ2v) is 5.51. The van der Waals surface area contributed by atoms with Gasteiger partial charge >= 0.3 is 18.0 Å². The summed E-state index contributed by atoms with van der Waals surface area (Å²) in [5.74, 6) is -1.41. The van der Waals surface area contributed by atoms with Crippen LogP contribution in [0.15, 0.2) is 18.3 Å². The van der Waals surface area contributed by atoms with Gasteiger partial charge in [-0.1, -0.05) is 0 Å². The molecule has 0 aromatic carbocycles. The van der Waals surface area contributed by atoms with Crippen molar-refractivity contribution in [3.8, 4) is 0 Å². The van der Waals surface area contributed by atoms with E-state index in [1.54, 1.807) is 20.8 Å². The van der Waals surface area contributed by atoms with Gasteiger partial charge in [-0.15, -0.1) is 0 Å². The predicted octanol–water partition coefficient (Wildman–Crippen LogP) is 1.78. The van der Waals surface area contributed by atoms with Gasteiger partial charge in [0.15, 0.2) is 5.82 Å². The smallest absolute Gasteiger partial charge is 0.416 e. The average molecular weight is 324 g/mol. The summed E-state index contributed by atoms with van der Waals surface area (Å²) in [6.07, 6.45) is 0.558. The third-order valence-corrected chi connectivity index (χ3v) is 2.58. The van der Waals surface area contributed by atoms with Crippen LogP contribution in [0.4, 0.5) is 10.6 Å². The van der Waals surface area contributed by atoms with Gasteiger partial charge in [-0.3, -0.25) is 4.79 Å². The maximum absolute atomic E-state index is 12.4. The number of carbonyl (C=O) groups excluding carboxylic acids is 3. The zero-order valence-corrected chi connectivity index (χ0v) is 13.8. The summed E-state index contributed by atoms with van der Waals surface area (Å²) in [5, 5.41) is 0. The Kier molecular flexibility index (Phi) is 6.06. The van der Waals surface area contributed by atoms with Gasteiger partial charge in [-0.25, -0.2) is 19.5 Å². The molecule has 1 aromatic rings. The Morgan fingerprint density at radius 3 is 2.35 bits per heavy atom. The number of methoxy groups -OCH3 is 2. The van der Waals surface area contributed by atoms with Crippen molar-refractivity contribution < 1.29 is 28.6 Å². The van der Waals surface area contributed by atoms with Gasteiger partial charge in [0.05, 0.1) is 14.2 Å². The summed E-state index contributed by atoms with van der Waals surface area (Å²) >= 11 is 0. The Morgan fingerprint density at radius 2 is 1.83 bits per heavy atom. The van der Waals surface area contributed by atoms with Gasteiger partial charge in [0, 0.05) is 6.20 Å². The molecule has 0 unspecified atom stereocenters. The van der Waals surface area contributed by atoms with Crippen LogP contribution in [0, 0.1) is 0 Å². The standard InChI is InChI=1S/C15H20N2O6/c1-15(2,3)23-14(20)17(9-11(18)21-4)12-10(13(19)22-5)7-6-8-16-12/h6-8H,9H2,1-5H3. The first-order valence-electron chi connectivity index (χ1n) is 6.80. The van der Waals surface area contributed by atoms with E-state index in [1.807, 2.05) is 0 Å². The molecule has 0 bridgehead atoms. The number of amides is 1. The highest BCUT2D eigenvalue weighted by molar-refractivity contribution is 6.01. The van der Waals surface area contributed by atoms with Crippen molar-refractivity contribution in [1.29, 1.82) is 0 Å². The van der Waals surface area contributed by atoms with E-state index in [4.69, 9.17) is 4.74 Å². The van der Waals surface area contributed by atoms with Gasteiger partial charge in [0.1, 0.15) is 17.7 Å². The number of hydrogen-bond acceptors (Lipinski definition) is 7. The van der Waals surface area contributed by atoms with E-state index in [0.29, 0.717) is 0 Å². The van der Waals surface area contributed by atoms with Crippen LogP contribution < -0.4 is 4.90 Å². The number of pyridine rings is 1. The van der Waals surface area contributed by atoms with Crippen LogP contribution in [0.3, 0.4) is 0 Å². The predicted molar refractivity (Wildman–Crippen MR) is 81.2 cm³/mol. The zero-order valence-electron chi connectivity index (χ0n) is 13.8. The summed E-state index contributed by atoms with van der Waals surface area (Å²) in [7, 11) is 2.40. The van der Waals surface area contributed by atoms with E-state index in [9.17, 15) is 14.4 Å². The van der Waals surface area contributed by atoms with E-state index in [0.717, 1.165) is 4.90 Å². The van der Waals surface area contributed by atoms with E-state index in [1.165, 1.54) is 32.5 Å². The van der Waals surface area contributed by atoms with Crippen LogP contribution in [-0.4, -0.2) is 49.4 Å². The molecule has 0 saturated heterocycles. The highest BCUT2D eigenvalue weighted by Crippen LogP contribution is 2.21. The van der Waals surface area contributed by atoms with Gasteiger partial charge in [-0.05, 0) is 32.9 Å². The summed E-state index contributed by atoms with van der Waals surface area (Å²) in [6, 6.07) is 2.95. The van der Waals surface area contributed by atoms with Crippen LogP contribution in [-0.2, 0) is 19.0 Å². The van der Waals surface area contributed by atoms with Gasteiger partial charge < -0.3 is 14.2 Å². The molecule has 1 aromatic heterocycles. The van der Waals surface area contributed by atoms with Crippen molar-refractivity contribution in [1.82, 2.24) is 4.98 Å². The van der Waals surface area contributed by atoms with Gasteiger partial charge in [-0.2, -0.15) is 0 Å². The minimum atomic E-state index is -0.827. The molecule has 0 spiro atoms. The molecule has 1 amide bonds. The number of ether oxygens (including phenoxy) is 3. The van der Waals surface area contributed by atoms with E-state index in [-0.39, 0.29) is 11.4 Å². The SMILES string of the molecule is COC(=O)CN(C(=O)OC(C)(C)C)c1ncccc1C(=O)OC. The molecule has 8 heteroatoms. The number of hydrogen-bond donors (Lipinski definition) is 0. The number of nitrogens with zero attached hydrogens (tertiary/aromatic N) is 2. The Labute approximate surface area is 134 Å². The maximum Gasteiger partial charge on any atom is 0.416 e. The molecule has 0 radical (unpaired) electrons. The molecule has 23 heavy (non-hydrogen) atoms. The van der Waals surface area contributed by atoms with Crippen molar-refractivity contribution >= 4 is 23.8 Å². The molecule has 0 atom stereocenters. The molecule has 0 aliphatic rings. The third kappa shape index (κ3) is 5.24. The molecule has 0 saturated carbocycles. The first kappa shape index (κ1) is 18.4. The maximum atomic E-state index is 12.4. The number of anilines is 1. The number of carbonyl (C=O) groups is 3. The Morgan fingerprint density at radius 1 is 1.17 bits per heavy atom. The van der Waals surface area contributed by atoms with Gasteiger partial charge in [0.25, 0.3) is 0 Å². The third-order valence-electron chi connectivity index (χ3n) is 2.58. The molecule has 8 nitrogen and oxygen atoms in total. The van der Waals surface area contributed by atoms with Crippen LogP contribution in [0.5, 0.6) is 0 Å². The lowest BCUT2D eigenvalue weighted by Crippen LogP contribution is -2.41. The van der Waals surface area contributed by atoms with Crippen molar-refractivity contribution in [2.45, 2.75) is 26.4 Å². The van der Waals surface area contributed by atoms with Crippen molar-refractivity contribution in [3.63, 3.8) is 0 Å². The fourth-order valence-electron chi connectivity index (χ4n) is 1.62. The lowest BCUT2D eigenvalue weighted by atomic mass is 10.2. The van der Waals surface area contributed by atoms with E-state index in [2.05, 4.69) is 14.5 Å². The second-order valence-electron chi connectivity index (χ2n) is 5.51. The van der Waals surface area contributed by atoms with Crippen LogP contribution in [0.25, 0.3) is 0 Å². The second kappa shape index (κ2) is 7.57. The summed E-state index contributed by atoms with van der Waals surface area (Å²) in [5.41, 5.74) is -0.754. The quantitative estimate of drug-likeness (QED) is 0.615. The monoisotopic (exact) mass is 324 g/mol. The lowest BCUT2D eigenvalue weighted by molar-refractivity contribution is -0.139. The molecule has 0 N–H and O–H groups in total. The molecule has 1 heterocycles. The molecule has 0 aliphatic heterocycles. The minimum Gasteiger partial charge on any atom is -0.468 e. The number of esters is 2.